The Bertz CT molecular complexity index is 1340. The first-order valence-corrected chi connectivity index (χ1v) is 11.1. The highest BCUT2D eigenvalue weighted by Gasteiger charge is 2.29. The van der Waals surface area contributed by atoms with Gasteiger partial charge in [0.2, 0.25) is 5.88 Å². The molecule has 0 unspecified atom stereocenters. The van der Waals surface area contributed by atoms with Gasteiger partial charge in [0, 0.05) is 11.3 Å². The Kier molecular flexibility index (Phi) is 6.87. The summed E-state index contributed by atoms with van der Waals surface area (Å²) in [7, 11) is 1.53. The van der Waals surface area contributed by atoms with Crippen LogP contribution in [-0.4, -0.2) is 40.2 Å². The number of rotatable bonds is 8. The molecule has 0 saturated heterocycles. The molecule has 0 atom stereocenters. The summed E-state index contributed by atoms with van der Waals surface area (Å²) in [6.07, 6.45) is 0.115. The molecule has 2 N–H and O–H groups in total. The van der Waals surface area contributed by atoms with Gasteiger partial charge in [0.1, 0.15) is 5.75 Å². The molecule has 0 aliphatic heterocycles. The predicted octanol–water partition coefficient (Wildman–Crippen LogP) is 4.90. The lowest BCUT2D eigenvalue weighted by atomic mass is 9.99. The first-order chi connectivity index (χ1) is 16.9. The number of benzene rings is 3. The Morgan fingerprint density at radius 2 is 1.54 bits per heavy atom. The minimum atomic E-state index is -0.514. The Hall–Kier alpha value is -4.52. The Balaban J connectivity index is 1.84. The van der Waals surface area contributed by atoms with Crippen molar-refractivity contribution in [3.8, 4) is 34.3 Å². The highest BCUT2D eigenvalue weighted by atomic mass is 16.5. The van der Waals surface area contributed by atoms with E-state index in [9.17, 15) is 19.8 Å². The number of aromatic hydroxyl groups is 2. The molecule has 0 spiro atoms. The van der Waals surface area contributed by atoms with Gasteiger partial charge in [-0.15, -0.1) is 0 Å². The lowest BCUT2D eigenvalue weighted by Gasteiger charge is -2.13. The van der Waals surface area contributed by atoms with Crippen LogP contribution in [0.15, 0.2) is 78.9 Å². The van der Waals surface area contributed by atoms with E-state index in [0.29, 0.717) is 34.9 Å². The van der Waals surface area contributed by atoms with E-state index < -0.39 is 17.4 Å². The van der Waals surface area contributed by atoms with Crippen molar-refractivity contribution in [2.75, 3.05) is 13.7 Å². The quantitative estimate of drug-likeness (QED) is 0.280. The van der Waals surface area contributed by atoms with Crippen molar-refractivity contribution < 1.29 is 29.3 Å². The fourth-order valence-electron chi connectivity index (χ4n) is 3.91. The van der Waals surface area contributed by atoms with Gasteiger partial charge in [-0.05, 0) is 54.4 Å². The van der Waals surface area contributed by atoms with Crippen LogP contribution in [0.4, 0.5) is 0 Å². The number of hydrogen-bond donors (Lipinski definition) is 2. The van der Waals surface area contributed by atoms with Gasteiger partial charge in [-0.1, -0.05) is 42.5 Å². The monoisotopic (exact) mass is 471 g/mol. The number of ketones is 1. The van der Waals surface area contributed by atoms with Gasteiger partial charge < -0.3 is 19.7 Å². The van der Waals surface area contributed by atoms with Crippen molar-refractivity contribution in [3.05, 3.63) is 95.6 Å². The largest absolute Gasteiger partial charge is 0.503 e. The highest BCUT2D eigenvalue weighted by molar-refractivity contribution is 6.15. The van der Waals surface area contributed by atoms with E-state index in [1.54, 1.807) is 67.6 Å². The molecule has 0 aliphatic carbocycles. The number of carbonyl (C=O) groups excluding carboxylic acids is 2. The third-order valence-corrected chi connectivity index (χ3v) is 5.60. The fraction of sp³-hybridized carbons (Fsp3) is 0.143. The van der Waals surface area contributed by atoms with Crippen molar-refractivity contribution in [1.82, 2.24) is 4.57 Å². The average molecular weight is 472 g/mol. The topological polar surface area (TPSA) is 98.0 Å². The van der Waals surface area contributed by atoms with Crippen LogP contribution >= 0.6 is 0 Å². The van der Waals surface area contributed by atoms with Gasteiger partial charge >= 0.3 is 5.97 Å². The molecule has 1 aromatic heterocycles. The third kappa shape index (κ3) is 4.75. The molecule has 0 fully saturated rings. The van der Waals surface area contributed by atoms with E-state index in [1.165, 1.54) is 11.7 Å². The maximum atomic E-state index is 13.5. The lowest BCUT2D eigenvalue weighted by molar-refractivity contribution is -0.142. The van der Waals surface area contributed by atoms with Gasteiger partial charge in [0.25, 0.3) is 0 Å². The van der Waals surface area contributed by atoms with E-state index in [2.05, 4.69) is 0 Å². The molecule has 4 rings (SSSR count). The van der Waals surface area contributed by atoms with E-state index in [1.807, 2.05) is 18.2 Å². The molecule has 7 nitrogen and oxygen atoms in total. The molecule has 0 radical (unpaired) electrons. The summed E-state index contributed by atoms with van der Waals surface area (Å²) in [6.45, 7) is 2.05. The lowest BCUT2D eigenvalue weighted by Crippen LogP contribution is -2.07. The molecule has 35 heavy (non-hydrogen) atoms. The smallest absolute Gasteiger partial charge is 0.310 e. The zero-order valence-corrected chi connectivity index (χ0v) is 19.4. The van der Waals surface area contributed by atoms with E-state index >= 15 is 0 Å². The molecule has 0 bridgehead atoms. The molecule has 0 aliphatic rings. The van der Waals surface area contributed by atoms with Crippen LogP contribution in [0, 0.1) is 0 Å². The van der Waals surface area contributed by atoms with E-state index in [4.69, 9.17) is 9.47 Å². The Morgan fingerprint density at radius 1 is 0.886 bits per heavy atom. The van der Waals surface area contributed by atoms with Crippen LogP contribution in [0.5, 0.6) is 17.4 Å². The van der Waals surface area contributed by atoms with Crippen LogP contribution in [-0.2, 0) is 16.0 Å². The number of methoxy groups -OCH3 is 1. The van der Waals surface area contributed by atoms with Gasteiger partial charge in [-0.2, -0.15) is 0 Å². The molecule has 3 aromatic carbocycles. The summed E-state index contributed by atoms with van der Waals surface area (Å²) in [5, 5.41) is 21.9. The number of esters is 1. The second kappa shape index (κ2) is 10.2. The van der Waals surface area contributed by atoms with Crippen molar-refractivity contribution >= 4 is 11.8 Å². The number of aromatic nitrogens is 1. The van der Waals surface area contributed by atoms with Crippen molar-refractivity contribution in [2.45, 2.75) is 13.3 Å². The number of ether oxygens (including phenoxy) is 2. The van der Waals surface area contributed by atoms with Crippen molar-refractivity contribution in [1.29, 1.82) is 0 Å². The van der Waals surface area contributed by atoms with Crippen molar-refractivity contribution in [3.63, 3.8) is 0 Å². The third-order valence-electron chi connectivity index (χ3n) is 5.60. The summed E-state index contributed by atoms with van der Waals surface area (Å²) in [6, 6.07) is 22.5. The minimum Gasteiger partial charge on any atom is -0.503 e. The second-order valence-corrected chi connectivity index (χ2v) is 7.80. The normalized spacial score (nSPS) is 10.7. The summed E-state index contributed by atoms with van der Waals surface area (Å²) >= 11 is 0. The summed E-state index contributed by atoms with van der Waals surface area (Å²) in [5.41, 5.74) is 2.54. The molecule has 0 amide bonds. The number of hydrogen-bond acceptors (Lipinski definition) is 6. The maximum Gasteiger partial charge on any atom is 0.310 e. The van der Waals surface area contributed by atoms with Crippen LogP contribution in [0.2, 0.25) is 0 Å². The van der Waals surface area contributed by atoms with Gasteiger partial charge in [-0.25, -0.2) is 0 Å². The highest BCUT2D eigenvalue weighted by Crippen LogP contribution is 2.44. The van der Waals surface area contributed by atoms with E-state index in [-0.39, 0.29) is 18.0 Å². The molecule has 4 aromatic rings. The van der Waals surface area contributed by atoms with Crippen LogP contribution < -0.4 is 4.74 Å². The molecule has 178 valence electrons. The second-order valence-electron chi connectivity index (χ2n) is 7.80. The first kappa shape index (κ1) is 23.6. The van der Waals surface area contributed by atoms with Crippen LogP contribution in [0.25, 0.3) is 16.9 Å². The zero-order valence-electron chi connectivity index (χ0n) is 19.4. The number of nitrogens with zero attached hydrogens (tertiary/aromatic N) is 1. The summed E-state index contributed by atoms with van der Waals surface area (Å²) in [5.74, 6) is -1.16. The molecular weight excluding hydrogens is 446 g/mol. The summed E-state index contributed by atoms with van der Waals surface area (Å²) < 4.78 is 11.6. The molecule has 7 heteroatoms. The minimum absolute atomic E-state index is 0.0190. The van der Waals surface area contributed by atoms with E-state index in [0.717, 1.165) is 5.56 Å². The van der Waals surface area contributed by atoms with Gasteiger partial charge in [-0.3, -0.25) is 14.2 Å². The van der Waals surface area contributed by atoms with Crippen LogP contribution in [0.1, 0.15) is 28.4 Å². The Morgan fingerprint density at radius 3 is 2.14 bits per heavy atom. The Labute approximate surface area is 202 Å². The standard InChI is InChI=1S/C28H25NO6/c1-3-35-23(30)17-18-9-13-21(14-10-18)29-25(19-7-5-4-6-8-19)24(27(32)28(29)33)26(31)20-11-15-22(34-2)16-12-20/h4-16,32-33H,3,17H2,1-2H3. The molecular formula is C28H25NO6. The average Bonchev–Trinajstić information content (AvgIpc) is 3.15. The van der Waals surface area contributed by atoms with Gasteiger partial charge in [0.05, 0.1) is 31.4 Å². The number of carbonyl (C=O) groups is 2. The predicted molar refractivity (Wildman–Crippen MR) is 131 cm³/mol. The SMILES string of the molecule is CCOC(=O)Cc1ccc(-n2c(O)c(O)c(C(=O)c3ccc(OC)cc3)c2-c2ccccc2)cc1. The molecule has 1 heterocycles. The molecule has 0 saturated carbocycles. The first-order valence-electron chi connectivity index (χ1n) is 11.1. The zero-order chi connectivity index (χ0) is 24.9. The van der Waals surface area contributed by atoms with Crippen molar-refractivity contribution in [2.24, 2.45) is 0 Å². The maximum absolute atomic E-state index is 13.5. The fourth-order valence-corrected chi connectivity index (χ4v) is 3.91. The van der Waals surface area contributed by atoms with Gasteiger partial charge in [0.15, 0.2) is 11.5 Å². The summed E-state index contributed by atoms with van der Waals surface area (Å²) in [4.78, 5) is 25.3. The van der Waals surface area contributed by atoms with Crippen LogP contribution in [0.3, 0.4) is 0 Å².